The molecule has 1 atom stereocenters. The summed E-state index contributed by atoms with van der Waals surface area (Å²) in [6.07, 6.45) is 3.09. The van der Waals surface area contributed by atoms with Crippen molar-refractivity contribution < 1.29 is 9.59 Å². The molecule has 1 saturated heterocycles. The highest BCUT2D eigenvalue weighted by atomic mass is 16.2. The molecule has 19 heavy (non-hydrogen) atoms. The Balaban J connectivity index is 2.36. The van der Waals surface area contributed by atoms with Gasteiger partial charge in [0.2, 0.25) is 0 Å². The molecule has 1 aromatic rings. The van der Waals surface area contributed by atoms with Crippen LogP contribution in [-0.4, -0.2) is 34.4 Å². The van der Waals surface area contributed by atoms with Crippen LogP contribution in [0, 0.1) is 6.92 Å². The van der Waals surface area contributed by atoms with Gasteiger partial charge in [-0.1, -0.05) is 13.8 Å². The topological polar surface area (TPSA) is 53.5 Å². The zero-order valence-corrected chi connectivity index (χ0v) is 11.6. The third-order valence-electron chi connectivity index (χ3n) is 3.30. The maximum absolute atomic E-state index is 12.4. The third kappa shape index (κ3) is 2.32. The number of aryl methyl sites for hydroxylation is 1. The van der Waals surface area contributed by atoms with E-state index in [1.807, 2.05) is 26.8 Å². The van der Waals surface area contributed by atoms with Gasteiger partial charge in [-0.2, -0.15) is 0 Å². The molecule has 5 heteroatoms. The number of pyridine rings is 1. The van der Waals surface area contributed by atoms with Gasteiger partial charge in [0.25, 0.3) is 5.91 Å². The molecule has 0 aliphatic carbocycles. The summed E-state index contributed by atoms with van der Waals surface area (Å²) in [5.41, 5.74) is 0.979. The van der Waals surface area contributed by atoms with Crippen LogP contribution in [0.4, 0.5) is 10.6 Å². The van der Waals surface area contributed by atoms with E-state index in [1.54, 1.807) is 17.2 Å². The molecule has 0 saturated carbocycles. The molecule has 0 bridgehead atoms. The Hall–Kier alpha value is -1.91. The van der Waals surface area contributed by atoms with Gasteiger partial charge >= 0.3 is 6.03 Å². The summed E-state index contributed by atoms with van der Waals surface area (Å²) in [4.78, 5) is 31.7. The predicted octanol–water partition coefficient (Wildman–Crippen LogP) is 2.35. The molecule has 2 rings (SSSR count). The van der Waals surface area contributed by atoms with Gasteiger partial charge < -0.3 is 4.90 Å². The van der Waals surface area contributed by atoms with Crippen LogP contribution in [0.15, 0.2) is 18.3 Å². The van der Waals surface area contributed by atoms with Crippen molar-refractivity contribution in [3.63, 3.8) is 0 Å². The molecule has 1 aliphatic heterocycles. The summed E-state index contributed by atoms with van der Waals surface area (Å²) in [7, 11) is 0. The van der Waals surface area contributed by atoms with Gasteiger partial charge in [0.05, 0.1) is 0 Å². The van der Waals surface area contributed by atoms with Gasteiger partial charge in [-0.3, -0.25) is 4.79 Å². The van der Waals surface area contributed by atoms with Gasteiger partial charge in [-0.05, 0) is 37.5 Å². The number of anilines is 1. The minimum atomic E-state index is -0.352. The minimum absolute atomic E-state index is 0.168. The standard InChI is InChI=1S/C14H19N3O2/c1-4-8-16-11(5-2)13(18)17(14(16)19)12-9-10(3)6-7-15-12/h6-7,9,11H,4-5,8H2,1-3H3. The predicted molar refractivity (Wildman–Crippen MR) is 72.9 cm³/mol. The van der Waals surface area contributed by atoms with E-state index in [1.165, 1.54) is 4.90 Å². The second-order valence-electron chi connectivity index (χ2n) is 4.77. The summed E-state index contributed by atoms with van der Waals surface area (Å²) in [6.45, 7) is 6.44. The lowest BCUT2D eigenvalue weighted by atomic mass is 10.2. The molecular weight excluding hydrogens is 242 g/mol. The number of carbonyl (C=O) groups is 2. The average molecular weight is 261 g/mol. The first-order valence-corrected chi connectivity index (χ1v) is 6.67. The normalized spacial score (nSPS) is 19.4. The van der Waals surface area contributed by atoms with E-state index >= 15 is 0 Å². The Labute approximate surface area is 113 Å². The number of carbonyl (C=O) groups excluding carboxylic acids is 2. The van der Waals surface area contributed by atoms with Gasteiger partial charge in [-0.15, -0.1) is 0 Å². The largest absolute Gasteiger partial charge is 0.333 e. The molecule has 0 radical (unpaired) electrons. The van der Waals surface area contributed by atoms with Crippen molar-refractivity contribution in [3.8, 4) is 0 Å². The quantitative estimate of drug-likeness (QED) is 0.782. The number of hydrogen-bond donors (Lipinski definition) is 0. The van der Waals surface area contributed by atoms with Crippen LogP contribution in [0.5, 0.6) is 0 Å². The molecule has 1 fully saturated rings. The molecule has 3 amide bonds. The van der Waals surface area contributed by atoms with E-state index in [4.69, 9.17) is 0 Å². The van der Waals surface area contributed by atoms with Crippen LogP contribution < -0.4 is 4.90 Å². The summed E-state index contributed by atoms with van der Waals surface area (Å²) in [5, 5.41) is 0. The summed E-state index contributed by atoms with van der Waals surface area (Å²) < 4.78 is 0. The van der Waals surface area contributed by atoms with E-state index in [9.17, 15) is 9.59 Å². The number of aromatic nitrogens is 1. The van der Waals surface area contributed by atoms with Crippen molar-refractivity contribution >= 4 is 17.8 Å². The lowest BCUT2D eigenvalue weighted by molar-refractivity contribution is -0.119. The van der Waals surface area contributed by atoms with Crippen LogP contribution in [0.3, 0.4) is 0 Å². The fourth-order valence-electron chi connectivity index (χ4n) is 2.38. The van der Waals surface area contributed by atoms with E-state index in [2.05, 4.69) is 4.98 Å². The van der Waals surface area contributed by atoms with Crippen molar-refractivity contribution in [1.29, 1.82) is 0 Å². The van der Waals surface area contributed by atoms with Crippen molar-refractivity contribution in [2.75, 3.05) is 11.4 Å². The Morgan fingerprint density at radius 3 is 2.63 bits per heavy atom. The van der Waals surface area contributed by atoms with Gasteiger partial charge in [0.15, 0.2) is 0 Å². The van der Waals surface area contributed by atoms with Crippen LogP contribution in [-0.2, 0) is 4.79 Å². The summed E-state index contributed by atoms with van der Waals surface area (Å²) >= 11 is 0. The zero-order valence-electron chi connectivity index (χ0n) is 11.6. The molecule has 1 aromatic heterocycles. The van der Waals surface area contributed by atoms with E-state index in [-0.39, 0.29) is 18.0 Å². The Morgan fingerprint density at radius 1 is 1.32 bits per heavy atom. The number of rotatable bonds is 4. The maximum Gasteiger partial charge on any atom is 0.333 e. The first-order valence-electron chi connectivity index (χ1n) is 6.67. The van der Waals surface area contributed by atoms with Gasteiger partial charge in [0.1, 0.15) is 11.9 Å². The van der Waals surface area contributed by atoms with Crippen molar-refractivity contribution in [1.82, 2.24) is 9.88 Å². The monoisotopic (exact) mass is 261 g/mol. The minimum Gasteiger partial charge on any atom is -0.312 e. The second-order valence-corrected chi connectivity index (χ2v) is 4.77. The molecule has 0 aromatic carbocycles. The average Bonchev–Trinajstić information content (AvgIpc) is 2.61. The smallest absolute Gasteiger partial charge is 0.312 e. The molecule has 102 valence electrons. The van der Waals surface area contributed by atoms with Crippen molar-refractivity contribution in [2.45, 2.75) is 39.7 Å². The van der Waals surface area contributed by atoms with Gasteiger partial charge in [-0.25, -0.2) is 14.7 Å². The maximum atomic E-state index is 12.4. The van der Waals surface area contributed by atoms with Crippen molar-refractivity contribution in [2.24, 2.45) is 0 Å². The van der Waals surface area contributed by atoms with Crippen LogP contribution in [0.2, 0.25) is 0 Å². The molecule has 0 spiro atoms. The molecular formula is C14H19N3O2. The first kappa shape index (κ1) is 13.5. The number of nitrogens with zero attached hydrogens (tertiary/aromatic N) is 3. The highest BCUT2D eigenvalue weighted by Gasteiger charge is 2.44. The Morgan fingerprint density at radius 2 is 2.05 bits per heavy atom. The van der Waals surface area contributed by atoms with Crippen LogP contribution in [0.1, 0.15) is 32.3 Å². The van der Waals surface area contributed by atoms with E-state index < -0.39 is 0 Å². The van der Waals surface area contributed by atoms with Crippen LogP contribution in [0.25, 0.3) is 0 Å². The number of imide groups is 1. The first-order chi connectivity index (χ1) is 9.10. The van der Waals surface area contributed by atoms with Crippen molar-refractivity contribution in [3.05, 3.63) is 23.9 Å². The lowest BCUT2D eigenvalue weighted by Crippen LogP contribution is -2.35. The fourth-order valence-corrected chi connectivity index (χ4v) is 2.38. The van der Waals surface area contributed by atoms with E-state index in [0.29, 0.717) is 18.8 Å². The number of hydrogen-bond acceptors (Lipinski definition) is 3. The number of urea groups is 1. The summed E-state index contributed by atoms with van der Waals surface area (Å²) in [6, 6.07) is 3.00. The Kier molecular flexibility index (Phi) is 3.83. The second kappa shape index (κ2) is 5.38. The highest BCUT2D eigenvalue weighted by Crippen LogP contribution is 2.25. The molecule has 1 unspecified atom stereocenters. The Bertz CT molecular complexity index is 501. The third-order valence-corrected chi connectivity index (χ3v) is 3.30. The molecule has 1 aliphatic rings. The zero-order chi connectivity index (χ0) is 14.0. The van der Waals surface area contributed by atoms with Gasteiger partial charge in [0, 0.05) is 12.7 Å². The summed E-state index contributed by atoms with van der Waals surface area (Å²) in [5.74, 6) is 0.256. The lowest BCUT2D eigenvalue weighted by Gasteiger charge is -2.19. The fraction of sp³-hybridized carbons (Fsp3) is 0.500. The van der Waals surface area contributed by atoms with E-state index in [0.717, 1.165) is 12.0 Å². The molecule has 5 nitrogen and oxygen atoms in total. The molecule has 2 heterocycles. The molecule has 0 N–H and O–H groups in total. The van der Waals surface area contributed by atoms with Crippen LogP contribution >= 0.6 is 0 Å². The highest BCUT2D eigenvalue weighted by molar-refractivity contribution is 6.20. The number of amides is 3. The SMILES string of the molecule is CCCN1C(=O)N(c2cc(C)ccn2)C(=O)C1CC.